The molecule has 39 heavy (non-hydrogen) atoms. The van der Waals surface area contributed by atoms with Crippen molar-refractivity contribution in [2.75, 3.05) is 0 Å². The highest BCUT2D eigenvalue weighted by Crippen LogP contribution is 2.41. The number of nitrogens with zero attached hydrogens (tertiary/aromatic N) is 2. The van der Waals surface area contributed by atoms with Crippen LogP contribution in [-0.2, 0) is 0 Å². The van der Waals surface area contributed by atoms with Crippen LogP contribution in [0, 0.1) is 0 Å². The van der Waals surface area contributed by atoms with Gasteiger partial charge in [-0.05, 0) is 74.5 Å². The molecule has 0 aliphatic carbocycles. The molecule has 0 saturated heterocycles. The number of aromatic nitrogens is 2. The second kappa shape index (κ2) is 7.66. The smallest absolute Gasteiger partial charge is 0.0780 e. The van der Waals surface area contributed by atoms with Crippen LogP contribution in [0.1, 0.15) is 0 Å². The number of pyridine rings is 1. The molecule has 9 aromatic rings. The van der Waals surface area contributed by atoms with Gasteiger partial charge in [-0.2, -0.15) is 0 Å². The third-order valence-corrected chi connectivity index (χ3v) is 8.37. The van der Waals surface area contributed by atoms with Crippen LogP contribution in [0.25, 0.3) is 81.8 Å². The van der Waals surface area contributed by atoms with Gasteiger partial charge in [0.25, 0.3) is 0 Å². The molecule has 9 rings (SSSR count). The van der Waals surface area contributed by atoms with E-state index in [0.29, 0.717) is 0 Å². The number of hydrogen-bond donors (Lipinski definition) is 0. The van der Waals surface area contributed by atoms with Crippen molar-refractivity contribution in [2.45, 2.75) is 0 Å². The van der Waals surface area contributed by atoms with Crippen LogP contribution in [0.15, 0.2) is 134 Å². The summed E-state index contributed by atoms with van der Waals surface area (Å²) in [6.07, 6.45) is 1.89. The molecule has 0 amide bonds. The minimum absolute atomic E-state index is 1.07. The molecule has 0 aliphatic rings. The molecule has 0 unspecified atom stereocenters. The first-order valence-electron chi connectivity index (χ1n) is 13.4. The molecule has 0 bridgehead atoms. The normalized spacial score (nSPS) is 12.1. The number of fused-ring (bicyclic) bond motifs is 5. The second-order valence-electron chi connectivity index (χ2n) is 10.4. The van der Waals surface area contributed by atoms with Crippen molar-refractivity contribution >= 4 is 65.0 Å². The molecule has 2 heterocycles. The van der Waals surface area contributed by atoms with E-state index in [1.807, 2.05) is 12.3 Å². The first-order valence-corrected chi connectivity index (χ1v) is 13.4. The quantitative estimate of drug-likeness (QED) is 0.173. The topological polar surface area (TPSA) is 17.8 Å². The Morgan fingerprint density at radius 3 is 1.92 bits per heavy atom. The zero-order valence-corrected chi connectivity index (χ0v) is 21.1. The van der Waals surface area contributed by atoms with Gasteiger partial charge in [-0.1, -0.05) is 91.0 Å². The number of para-hydroxylation sites is 2. The predicted octanol–water partition coefficient (Wildman–Crippen LogP) is 9.90. The highest BCUT2D eigenvalue weighted by molar-refractivity contribution is 6.29. The fourth-order valence-electron chi connectivity index (χ4n) is 6.66. The third kappa shape index (κ3) is 2.83. The van der Waals surface area contributed by atoms with Crippen LogP contribution in [0.2, 0.25) is 0 Å². The van der Waals surface area contributed by atoms with E-state index in [0.717, 1.165) is 5.52 Å². The Morgan fingerprint density at radius 1 is 0.462 bits per heavy atom. The van der Waals surface area contributed by atoms with Gasteiger partial charge < -0.3 is 4.57 Å². The average Bonchev–Trinajstić information content (AvgIpc) is 3.34. The molecule has 0 atom stereocenters. The molecule has 180 valence electrons. The van der Waals surface area contributed by atoms with Crippen LogP contribution in [0.5, 0.6) is 0 Å². The standard InChI is InChI=1S/C37H22N2/c1-3-9-33-29(7-1)30-8-2-4-10-34(30)39(33)27-16-11-23(12-17-27)28-18-13-24-14-20-32-36-25(15-19-31(28)35(24)36)22-26-6-5-21-38-37(26)32/h1-22H. The number of hydrogen-bond acceptors (Lipinski definition) is 1. The summed E-state index contributed by atoms with van der Waals surface area (Å²) in [5.74, 6) is 0. The van der Waals surface area contributed by atoms with Crippen LogP contribution < -0.4 is 0 Å². The summed E-state index contributed by atoms with van der Waals surface area (Å²) >= 11 is 0. The zero-order chi connectivity index (χ0) is 25.5. The van der Waals surface area contributed by atoms with Crippen LogP contribution in [-0.4, -0.2) is 9.55 Å². The lowest BCUT2D eigenvalue weighted by molar-refractivity contribution is 1.18. The van der Waals surface area contributed by atoms with E-state index in [-0.39, 0.29) is 0 Å². The molecule has 2 nitrogen and oxygen atoms in total. The van der Waals surface area contributed by atoms with E-state index < -0.39 is 0 Å². The first kappa shape index (κ1) is 20.8. The summed E-state index contributed by atoms with van der Waals surface area (Å²) in [4.78, 5) is 4.74. The second-order valence-corrected chi connectivity index (χ2v) is 10.4. The Labute approximate surface area is 224 Å². The van der Waals surface area contributed by atoms with Crippen molar-refractivity contribution in [1.29, 1.82) is 0 Å². The van der Waals surface area contributed by atoms with Gasteiger partial charge in [0.15, 0.2) is 0 Å². The summed E-state index contributed by atoms with van der Waals surface area (Å²) in [6, 6.07) is 46.4. The van der Waals surface area contributed by atoms with Crippen molar-refractivity contribution in [1.82, 2.24) is 9.55 Å². The van der Waals surface area contributed by atoms with Crippen molar-refractivity contribution in [3.8, 4) is 16.8 Å². The summed E-state index contributed by atoms with van der Waals surface area (Å²) in [5.41, 5.74) is 7.18. The zero-order valence-electron chi connectivity index (χ0n) is 21.1. The van der Waals surface area contributed by atoms with Gasteiger partial charge in [0.05, 0.1) is 16.6 Å². The van der Waals surface area contributed by atoms with Gasteiger partial charge in [0.1, 0.15) is 0 Å². The van der Waals surface area contributed by atoms with Crippen molar-refractivity contribution < 1.29 is 0 Å². The maximum atomic E-state index is 4.74. The SMILES string of the molecule is c1cnc2c(c1)cc1ccc3c(-c4ccc(-n5c6ccccc6c6ccccc65)cc4)ccc4ccc2c1c43. The van der Waals surface area contributed by atoms with E-state index >= 15 is 0 Å². The van der Waals surface area contributed by atoms with Crippen LogP contribution in [0.3, 0.4) is 0 Å². The fourth-order valence-corrected chi connectivity index (χ4v) is 6.66. The molecule has 0 radical (unpaired) electrons. The Balaban J connectivity index is 1.26. The summed E-state index contributed by atoms with van der Waals surface area (Å²) in [5, 5.41) is 11.4. The summed E-state index contributed by atoms with van der Waals surface area (Å²) in [7, 11) is 0. The van der Waals surface area contributed by atoms with Gasteiger partial charge >= 0.3 is 0 Å². The highest BCUT2D eigenvalue weighted by Gasteiger charge is 2.15. The number of rotatable bonds is 2. The van der Waals surface area contributed by atoms with E-state index in [1.54, 1.807) is 0 Å². The summed E-state index contributed by atoms with van der Waals surface area (Å²) < 4.78 is 2.37. The predicted molar refractivity (Wildman–Crippen MR) is 165 cm³/mol. The van der Waals surface area contributed by atoms with E-state index in [4.69, 9.17) is 4.98 Å². The minimum atomic E-state index is 1.07. The van der Waals surface area contributed by atoms with E-state index in [9.17, 15) is 0 Å². The van der Waals surface area contributed by atoms with Gasteiger partial charge in [-0.15, -0.1) is 0 Å². The molecule has 2 heteroatoms. The largest absolute Gasteiger partial charge is 0.309 e. The highest BCUT2D eigenvalue weighted by atomic mass is 15.0. The molecule has 0 fully saturated rings. The lowest BCUT2D eigenvalue weighted by atomic mass is 9.89. The minimum Gasteiger partial charge on any atom is -0.309 e. The monoisotopic (exact) mass is 494 g/mol. The van der Waals surface area contributed by atoms with E-state index in [2.05, 4.69) is 126 Å². The van der Waals surface area contributed by atoms with Crippen molar-refractivity contribution in [3.05, 3.63) is 134 Å². The fraction of sp³-hybridized carbons (Fsp3) is 0. The molecule has 0 saturated carbocycles. The first-order chi connectivity index (χ1) is 19.3. The van der Waals surface area contributed by atoms with Crippen molar-refractivity contribution in [2.24, 2.45) is 0 Å². The van der Waals surface area contributed by atoms with Gasteiger partial charge in [-0.25, -0.2) is 0 Å². The third-order valence-electron chi connectivity index (χ3n) is 8.37. The van der Waals surface area contributed by atoms with Crippen LogP contribution >= 0.6 is 0 Å². The Kier molecular flexibility index (Phi) is 4.08. The molecular formula is C37H22N2. The van der Waals surface area contributed by atoms with Gasteiger partial charge in [0, 0.05) is 33.4 Å². The van der Waals surface area contributed by atoms with Gasteiger partial charge in [0.2, 0.25) is 0 Å². The van der Waals surface area contributed by atoms with Crippen LogP contribution in [0.4, 0.5) is 0 Å². The maximum Gasteiger partial charge on any atom is 0.0780 e. The number of benzene rings is 7. The Morgan fingerprint density at radius 2 is 1.13 bits per heavy atom. The molecule has 0 aliphatic heterocycles. The lowest BCUT2D eigenvalue weighted by Gasteiger charge is -2.16. The van der Waals surface area contributed by atoms with Gasteiger partial charge in [-0.3, -0.25) is 4.98 Å². The average molecular weight is 495 g/mol. The van der Waals surface area contributed by atoms with Crippen molar-refractivity contribution in [3.63, 3.8) is 0 Å². The molecular weight excluding hydrogens is 472 g/mol. The Hall–Kier alpha value is -5.21. The molecule has 7 aromatic carbocycles. The molecule has 0 spiro atoms. The molecule has 2 aromatic heterocycles. The molecule has 0 N–H and O–H groups in total. The Bertz CT molecular complexity index is 2320. The van der Waals surface area contributed by atoms with E-state index in [1.165, 1.54) is 76.3 Å². The maximum absolute atomic E-state index is 4.74. The lowest BCUT2D eigenvalue weighted by Crippen LogP contribution is -1.94. The summed E-state index contributed by atoms with van der Waals surface area (Å²) in [6.45, 7) is 0.